The smallest absolute Gasteiger partial charge is 0.0499 e. The van der Waals surface area contributed by atoms with E-state index in [1.54, 1.807) is 0 Å². The SMILES string of the molecule is CCCCC(CN)(CO)CCCC. The predicted octanol–water partition coefficient (Wildman–Crippen LogP) is 2.30. The third kappa shape index (κ3) is 4.63. The molecule has 0 aromatic heterocycles. The second kappa shape index (κ2) is 7.34. The summed E-state index contributed by atoms with van der Waals surface area (Å²) in [4.78, 5) is 0. The van der Waals surface area contributed by atoms with Gasteiger partial charge in [-0.25, -0.2) is 0 Å². The summed E-state index contributed by atoms with van der Waals surface area (Å²) in [6.07, 6.45) is 6.90. The van der Waals surface area contributed by atoms with Crippen LogP contribution in [0.5, 0.6) is 0 Å². The van der Waals surface area contributed by atoms with E-state index < -0.39 is 0 Å². The minimum absolute atomic E-state index is 0.0199. The molecule has 0 saturated carbocycles. The maximum Gasteiger partial charge on any atom is 0.0499 e. The predicted molar refractivity (Wildman–Crippen MR) is 57.6 cm³/mol. The number of nitrogens with two attached hydrogens (primary N) is 1. The molecule has 0 amide bonds. The van der Waals surface area contributed by atoms with E-state index >= 15 is 0 Å². The molecule has 0 atom stereocenters. The molecular formula is C11H25NO. The van der Waals surface area contributed by atoms with Crippen molar-refractivity contribution >= 4 is 0 Å². The van der Waals surface area contributed by atoms with Crippen molar-refractivity contribution in [1.82, 2.24) is 0 Å². The van der Waals surface area contributed by atoms with Gasteiger partial charge >= 0.3 is 0 Å². The molecule has 0 saturated heterocycles. The maximum atomic E-state index is 9.35. The molecule has 0 spiro atoms. The summed E-state index contributed by atoms with van der Waals surface area (Å²) in [7, 11) is 0. The van der Waals surface area contributed by atoms with Crippen molar-refractivity contribution in [3.8, 4) is 0 Å². The second-order valence-corrected chi connectivity index (χ2v) is 4.07. The van der Waals surface area contributed by atoms with E-state index in [1.807, 2.05) is 0 Å². The summed E-state index contributed by atoms with van der Waals surface area (Å²) in [5, 5.41) is 9.35. The lowest BCUT2D eigenvalue weighted by molar-refractivity contribution is 0.107. The first-order valence-corrected chi connectivity index (χ1v) is 5.55. The fraction of sp³-hybridized carbons (Fsp3) is 1.00. The molecule has 0 aliphatic heterocycles. The van der Waals surface area contributed by atoms with Crippen LogP contribution in [0.3, 0.4) is 0 Å². The Bertz CT molecular complexity index is 101. The average molecular weight is 187 g/mol. The summed E-state index contributed by atoms with van der Waals surface area (Å²) >= 11 is 0. The highest BCUT2D eigenvalue weighted by Gasteiger charge is 2.25. The van der Waals surface area contributed by atoms with Crippen LogP contribution >= 0.6 is 0 Å². The summed E-state index contributed by atoms with van der Waals surface area (Å²) in [5.74, 6) is 0. The number of hydrogen-bond donors (Lipinski definition) is 2. The number of unbranched alkanes of at least 4 members (excludes halogenated alkanes) is 2. The zero-order chi connectivity index (χ0) is 10.2. The van der Waals surface area contributed by atoms with E-state index in [2.05, 4.69) is 13.8 Å². The minimum atomic E-state index is 0.0199. The van der Waals surface area contributed by atoms with Crippen LogP contribution in [0.4, 0.5) is 0 Å². The molecule has 0 radical (unpaired) electrons. The molecule has 0 fully saturated rings. The first kappa shape index (κ1) is 12.9. The third-order valence-electron chi connectivity index (χ3n) is 2.89. The van der Waals surface area contributed by atoms with Crippen LogP contribution in [-0.4, -0.2) is 18.3 Å². The van der Waals surface area contributed by atoms with Crippen LogP contribution in [0.2, 0.25) is 0 Å². The number of aliphatic hydroxyl groups excluding tert-OH is 1. The summed E-state index contributed by atoms with van der Waals surface area (Å²) in [5.41, 5.74) is 5.76. The summed E-state index contributed by atoms with van der Waals surface area (Å²) in [6.45, 7) is 5.24. The highest BCUT2D eigenvalue weighted by Crippen LogP contribution is 2.29. The lowest BCUT2D eigenvalue weighted by Crippen LogP contribution is -2.34. The lowest BCUT2D eigenvalue weighted by atomic mass is 9.79. The van der Waals surface area contributed by atoms with Crippen LogP contribution in [0.15, 0.2) is 0 Å². The second-order valence-electron chi connectivity index (χ2n) is 4.07. The van der Waals surface area contributed by atoms with Gasteiger partial charge in [-0.15, -0.1) is 0 Å². The van der Waals surface area contributed by atoms with Gasteiger partial charge in [0.15, 0.2) is 0 Å². The topological polar surface area (TPSA) is 46.2 Å². The Hall–Kier alpha value is -0.0800. The van der Waals surface area contributed by atoms with Crippen molar-refractivity contribution in [3.05, 3.63) is 0 Å². The quantitative estimate of drug-likeness (QED) is 0.612. The van der Waals surface area contributed by atoms with Crippen molar-refractivity contribution < 1.29 is 5.11 Å². The van der Waals surface area contributed by atoms with Gasteiger partial charge in [0, 0.05) is 18.6 Å². The Morgan fingerprint density at radius 1 is 1.08 bits per heavy atom. The van der Waals surface area contributed by atoms with Crippen LogP contribution < -0.4 is 5.73 Å². The molecule has 0 aliphatic rings. The number of aliphatic hydroxyl groups is 1. The van der Waals surface area contributed by atoms with Gasteiger partial charge < -0.3 is 10.8 Å². The zero-order valence-electron chi connectivity index (χ0n) is 9.18. The van der Waals surface area contributed by atoms with Gasteiger partial charge in [0.25, 0.3) is 0 Å². The van der Waals surface area contributed by atoms with Gasteiger partial charge in [0.1, 0.15) is 0 Å². The average Bonchev–Trinajstić information content (AvgIpc) is 2.20. The molecule has 3 N–H and O–H groups in total. The van der Waals surface area contributed by atoms with Crippen molar-refractivity contribution in [2.75, 3.05) is 13.2 Å². The molecule has 0 unspecified atom stereocenters. The molecule has 0 aliphatic carbocycles. The van der Waals surface area contributed by atoms with E-state index in [0.717, 1.165) is 12.8 Å². The van der Waals surface area contributed by atoms with Crippen molar-refractivity contribution in [1.29, 1.82) is 0 Å². The van der Waals surface area contributed by atoms with Gasteiger partial charge in [0.05, 0.1) is 0 Å². The molecule has 13 heavy (non-hydrogen) atoms. The third-order valence-corrected chi connectivity index (χ3v) is 2.89. The van der Waals surface area contributed by atoms with Crippen molar-refractivity contribution in [3.63, 3.8) is 0 Å². The van der Waals surface area contributed by atoms with Crippen LogP contribution in [0, 0.1) is 5.41 Å². The Balaban J connectivity index is 3.97. The molecule has 80 valence electrons. The Morgan fingerprint density at radius 3 is 1.77 bits per heavy atom. The zero-order valence-corrected chi connectivity index (χ0v) is 9.18. The Kier molecular flexibility index (Phi) is 7.29. The Morgan fingerprint density at radius 2 is 1.54 bits per heavy atom. The fourth-order valence-corrected chi connectivity index (χ4v) is 1.66. The van der Waals surface area contributed by atoms with E-state index in [1.165, 1.54) is 25.7 Å². The van der Waals surface area contributed by atoms with Crippen molar-refractivity contribution in [2.24, 2.45) is 11.1 Å². The highest BCUT2D eigenvalue weighted by atomic mass is 16.3. The van der Waals surface area contributed by atoms with Gasteiger partial charge in [-0.05, 0) is 12.8 Å². The lowest BCUT2D eigenvalue weighted by Gasteiger charge is -2.30. The largest absolute Gasteiger partial charge is 0.396 e. The normalized spacial score (nSPS) is 12.0. The van der Waals surface area contributed by atoms with Gasteiger partial charge in [-0.1, -0.05) is 39.5 Å². The molecule has 2 heteroatoms. The first-order chi connectivity index (χ1) is 6.24. The molecule has 0 aromatic rings. The van der Waals surface area contributed by atoms with E-state index in [4.69, 9.17) is 5.73 Å². The monoisotopic (exact) mass is 187 g/mol. The van der Waals surface area contributed by atoms with Gasteiger partial charge in [0.2, 0.25) is 0 Å². The van der Waals surface area contributed by atoms with Crippen LogP contribution in [0.25, 0.3) is 0 Å². The summed E-state index contributed by atoms with van der Waals surface area (Å²) in [6, 6.07) is 0. The van der Waals surface area contributed by atoms with Gasteiger partial charge in [-0.2, -0.15) is 0 Å². The fourth-order valence-electron chi connectivity index (χ4n) is 1.66. The molecule has 0 heterocycles. The van der Waals surface area contributed by atoms with E-state index in [9.17, 15) is 5.11 Å². The molecular weight excluding hydrogens is 162 g/mol. The highest BCUT2D eigenvalue weighted by molar-refractivity contribution is 4.79. The molecule has 0 bridgehead atoms. The molecule has 2 nitrogen and oxygen atoms in total. The molecule has 0 rings (SSSR count). The van der Waals surface area contributed by atoms with Crippen LogP contribution in [0.1, 0.15) is 52.4 Å². The summed E-state index contributed by atoms with van der Waals surface area (Å²) < 4.78 is 0. The van der Waals surface area contributed by atoms with Crippen molar-refractivity contribution in [2.45, 2.75) is 52.4 Å². The van der Waals surface area contributed by atoms with E-state index in [-0.39, 0.29) is 12.0 Å². The molecule has 0 aromatic carbocycles. The first-order valence-electron chi connectivity index (χ1n) is 5.55. The standard InChI is InChI=1S/C11H25NO/c1-3-5-7-11(9-12,10-13)8-6-4-2/h13H,3-10,12H2,1-2H3. The van der Waals surface area contributed by atoms with E-state index in [0.29, 0.717) is 6.54 Å². The maximum absolute atomic E-state index is 9.35. The van der Waals surface area contributed by atoms with Gasteiger partial charge in [-0.3, -0.25) is 0 Å². The Labute approximate surface area is 82.5 Å². The number of hydrogen-bond acceptors (Lipinski definition) is 2. The number of rotatable bonds is 8. The minimum Gasteiger partial charge on any atom is -0.396 e. The van der Waals surface area contributed by atoms with Crippen LogP contribution in [-0.2, 0) is 0 Å².